The van der Waals surface area contributed by atoms with E-state index in [-0.39, 0.29) is 12.0 Å². The Labute approximate surface area is 140 Å². The van der Waals surface area contributed by atoms with Gasteiger partial charge in [0.15, 0.2) is 5.69 Å². The second kappa shape index (κ2) is 7.35. The number of carbonyl (C=O) groups is 1. The molecule has 0 aliphatic carbocycles. The average molecular weight is 330 g/mol. The van der Waals surface area contributed by atoms with Crippen molar-refractivity contribution in [3.8, 4) is 11.5 Å². The van der Waals surface area contributed by atoms with E-state index in [2.05, 4.69) is 20.8 Å². The van der Waals surface area contributed by atoms with Gasteiger partial charge in [-0.25, -0.2) is 0 Å². The van der Waals surface area contributed by atoms with Crippen molar-refractivity contribution in [3.63, 3.8) is 0 Å². The van der Waals surface area contributed by atoms with Crippen LogP contribution in [-0.4, -0.2) is 42.4 Å². The van der Waals surface area contributed by atoms with Crippen molar-refractivity contribution in [1.82, 2.24) is 20.8 Å². The molecule has 0 saturated heterocycles. The lowest BCUT2D eigenvalue weighted by Crippen LogP contribution is -2.35. The van der Waals surface area contributed by atoms with Crippen molar-refractivity contribution in [2.24, 2.45) is 0 Å². The van der Waals surface area contributed by atoms with Gasteiger partial charge in [0.2, 0.25) is 0 Å². The minimum atomic E-state index is -0.183. The zero-order chi connectivity index (χ0) is 16.9. The quantitative estimate of drug-likeness (QED) is 0.742. The van der Waals surface area contributed by atoms with Crippen LogP contribution in [0.4, 0.5) is 0 Å². The largest absolute Gasteiger partial charge is 0.497 e. The number of aromatic amines is 1. The molecule has 0 saturated carbocycles. The first kappa shape index (κ1) is 16.3. The summed E-state index contributed by atoms with van der Waals surface area (Å²) < 4.78 is 11.0. The number of nitrogens with zero attached hydrogens (tertiary/aromatic N) is 1. The molecule has 3 N–H and O–H groups in total. The SMILES string of the molecule is COc1cccc(OC(C)CNC(=O)c2n[nH]c3c2CNCC3)c1. The van der Waals surface area contributed by atoms with Crippen molar-refractivity contribution < 1.29 is 14.3 Å². The van der Waals surface area contributed by atoms with Gasteiger partial charge >= 0.3 is 0 Å². The number of hydrogen-bond acceptors (Lipinski definition) is 5. The third-order valence-corrected chi connectivity index (χ3v) is 3.95. The fourth-order valence-electron chi connectivity index (χ4n) is 2.68. The Morgan fingerprint density at radius 3 is 3.08 bits per heavy atom. The minimum Gasteiger partial charge on any atom is -0.497 e. The van der Waals surface area contributed by atoms with Crippen LogP contribution in [0.3, 0.4) is 0 Å². The third kappa shape index (κ3) is 3.68. The molecule has 1 aromatic heterocycles. The maximum atomic E-state index is 12.3. The third-order valence-electron chi connectivity index (χ3n) is 3.95. The molecular weight excluding hydrogens is 308 g/mol. The predicted octanol–water partition coefficient (Wildman–Crippen LogP) is 1.26. The maximum absolute atomic E-state index is 12.3. The molecule has 2 heterocycles. The lowest BCUT2D eigenvalue weighted by atomic mass is 10.1. The van der Waals surface area contributed by atoms with Crippen LogP contribution in [0.5, 0.6) is 11.5 Å². The zero-order valence-corrected chi connectivity index (χ0v) is 13.9. The van der Waals surface area contributed by atoms with Crippen LogP contribution in [0.1, 0.15) is 28.7 Å². The monoisotopic (exact) mass is 330 g/mol. The number of aromatic nitrogens is 2. The van der Waals surface area contributed by atoms with Gasteiger partial charge in [-0.2, -0.15) is 5.10 Å². The average Bonchev–Trinajstić information content (AvgIpc) is 3.04. The van der Waals surface area contributed by atoms with Gasteiger partial charge in [-0.3, -0.25) is 9.89 Å². The van der Waals surface area contributed by atoms with Crippen LogP contribution in [0.25, 0.3) is 0 Å². The van der Waals surface area contributed by atoms with Gasteiger partial charge in [0.1, 0.15) is 17.6 Å². The topological polar surface area (TPSA) is 88.3 Å². The molecule has 1 amide bonds. The summed E-state index contributed by atoms with van der Waals surface area (Å²) in [5.74, 6) is 1.26. The molecule has 7 heteroatoms. The highest BCUT2D eigenvalue weighted by Crippen LogP contribution is 2.20. The number of fused-ring (bicyclic) bond motifs is 1. The number of ether oxygens (including phenoxy) is 2. The molecule has 0 spiro atoms. The molecule has 2 aromatic rings. The molecule has 7 nitrogen and oxygen atoms in total. The van der Waals surface area contributed by atoms with Crippen LogP contribution in [-0.2, 0) is 13.0 Å². The van der Waals surface area contributed by atoms with Gasteiger partial charge < -0.3 is 20.1 Å². The first-order valence-electron chi connectivity index (χ1n) is 8.03. The second-order valence-electron chi connectivity index (χ2n) is 5.77. The first-order chi connectivity index (χ1) is 11.7. The number of H-pyrrole nitrogens is 1. The highest BCUT2D eigenvalue weighted by Gasteiger charge is 2.21. The van der Waals surface area contributed by atoms with Gasteiger partial charge in [0.25, 0.3) is 5.91 Å². The van der Waals surface area contributed by atoms with Crippen LogP contribution in [0, 0.1) is 0 Å². The molecule has 1 atom stereocenters. The molecule has 1 unspecified atom stereocenters. The summed E-state index contributed by atoms with van der Waals surface area (Å²) in [6, 6.07) is 7.39. The van der Waals surface area contributed by atoms with Crippen molar-refractivity contribution in [1.29, 1.82) is 0 Å². The molecule has 3 rings (SSSR count). The van der Waals surface area contributed by atoms with E-state index in [1.807, 2.05) is 31.2 Å². The number of rotatable bonds is 6. The molecule has 0 radical (unpaired) electrons. The molecule has 0 fully saturated rings. The van der Waals surface area contributed by atoms with Crippen LogP contribution in [0.15, 0.2) is 24.3 Å². The highest BCUT2D eigenvalue weighted by molar-refractivity contribution is 5.94. The lowest BCUT2D eigenvalue weighted by Gasteiger charge is -2.16. The summed E-state index contributed by atoms with van der Waals surface area (Å²) in [5, 5.41) is 13.2. The Morgan fingerprint density at radius 2 is 2.25 bits per heavy atom. The number of hydrogen-bond donors (Lipinski definition) is 3. The van der Waals surface area contributed by atoms with E-state index in [4.69, 9.17) is 9.47 Å². The molecule has 1 aliphatic heterocycles. The summed E-state index contributed by atoms with van der Waals surface area (Å²) in [6.07, 6.45) is 0.694. The van der Waals surface area contributed by atoms with Crippen molar-refractivity contribution >= 4 is 5.91 Å². The number of methoxy groups -OCH3 is 1. The number of amides is 1. The minimum absolute atomic E-state index is 0.172. The number of benzene rings is 1. The Balaban J connectivity index is 1.55. The molecule has 128 valence electrons. The van der Waals surface area contributed by atoms with E-state index in [1.165, 1.54) is 0 Å². The van der Waals surface area contributed by atoms with Crippen molar-refractivity contribution in [2.45, 2.75) is 26.0 Å². The smallest absolute Gasteiger partial charge is 0.272 e. The first-order valence-corrected chi connectivity index (χ1v) is 8.03. The fourth-order valence-corrected chi connectivity index (χ4v) is 2.68. The fraction of sp³-hybridized carbons (Fsp3) is 0.412. The second-order valence-corrected chi connectivity index (χ2v) is 5.77. The molecule has 0 bridgehead atoms. The normalized spacial score (nSPS) is 14.6. The van der Waals surface area contributed by atoms with Gasteiger partial charge in [0.05, 0.1) is 13.7 Å². The summed E-state index contributed by atoms with van der Waals surface area (Å²) >= 11 is 0. The van der Waals surface area contributed by atoms with Crippen LogP contribution in [0.2, 0.25) is 0 Å². The predicted molar refractivity (Wildman–Crippen MR) is 89.4 cm³/mol. The van der Waals surface area contributed by atoms with Gasteiger partial charge in [-0.15, -0.1) is 0 Å². The molecule has 1 aromatic carbocycles. The van der Waals surface area contributed by atoms with E-state index >= 15 is 0 Å². The number of carbonyl (C=O) groups excluding carboxylic acids is 1. The Hall–Kier alpha value is -2.54. The Morgan fingerprint density at radius 1 is 1.42 bits per heavy atom. The lowest BCUT2D eigenvalue weighted by molar-refractivity contribution is 0.0926. The van der Waals surface area contributed by atoms with E-state index in [1.54, 1.807) is 7.11 Å². The van der Waals surface area contributed by atoms with Gasteiger partial charge in [0, 0.05) is 36.8 Å². The molecular formula is C17H22N4O3. The van der Waals surface area contributed by atoms with Crippen LogP contribution >= 0.6 is 0 Å². The van der Waals surface area contributed by atoms with Gasteiger partial charge in [-0.1, -0.05) is 6.07 Å². The summed E-state index contributed by atoms with van der Waals surface area (Å²) in [5.41, 5.74) is 2.46. The highest BCUT2D eigenvalue weighted by atomic mass is 16.5. The van der Waals surface area contributed by atoms with Crippen molar-refractivity contribution in [2.75, 3.05) is 20.2 Å². The Bertz CT molecular complexity index is 714. The molecule has 1 aliphatic rings. The summed E-state index contributed by atoms with van der Waals surface area (Å²) in [7, 11) is 1.61. The molecule has 24 heavy (non-hydrogen) atoms. The van der Waals surface area contributed by atoms with E-state index < -0.39 is 0 Å². The Kier molecular flexibility index (Phi) is 5.00. The van der Waals surface area contributed by atoms with Gasteiger partial charge in [-0.05, 0) is 19.1 Å². The maximum Gasteiger partial charge on any atom is 0.272 e. The van der Waals surface area contributed by atoms with Crippen LogP contribution < -0.4 is 20.1 Å². The van der Waals surface area contributed by atoms with E-state index in [0.717, 1.165) is 30.0 Å². The van der Waals surface area contributed by atoms with E-state index in [9.17, 15) is 4.79 Å². The standard InChI is InChI=1S/C17H22N4O3/c1-11(24-13-5-3-4-12(8-13)23-2)9-19-17(22)16-14-10-18-7-6-15(14)20-21-16/h3-5,8,11,18H,6-7,9-10H2,1-2H3,(H,19,22)(H,20,21). The van der Waals surface area contributed by atoms with E-state index in [0.29, 0.717) is 24.5 Å². The summed E-state index contributed by atoms with van der Waals surface area (Å²) in [6.45, 7) is 3.87. The zero-order valence-electron chi connectivity index (χ0n) is 13.9. The summed E-state index contributed by atoms with van der Waals surface area (Å²) in [4.78, 5) is 12.3. The number of nitrogens with one attached hydrogen (secondary N) is 3. The van der Waals surface area contributed by atoms with Crippen molar-refractivity contribution in [3.05, 3.63) is 41.2 Å².